The minimum atomic E-state index is -0.638. The van der Waals surface area contributed by atoms with Gasteiger partial charge in [-0.15, -0.1) is 0 Å². The molecular formula is C19H21N3O4. The molecule has 1 atom stereocenters. The summed E-state index contributed by atoms with van der Waals surface area (Å²) in [7, 11) is 0. The summed E-state index contributed by atoms with van der Waals surface area (Å²) in [6.07, 6.45) is 4.24. The molecule has 1 aliphatic carbocycles. The second-order valence-corrected chi connectivity index (χ2v) is 6.68. The van der Waals surface area contributed by atoms with E-state index >= 15 is 0 Å². The SMILES string of the molecule is O=C(NC1CCC(n2ncccc2=O)CC1)C1COc2ccccc2O1. The van der Waals surface area contributed by atoms with Gasteiger partial charge in [0.2, 0.25) is 6.10 Å². The number of rotatable bonds is 3. The molecule has 0 saturated heterocycles. The van der Waals surface area contributed by atoms with Crippen molar-refractivity contribution in [2.75, 3.05) is 6.61 Å². The molecule has 0 spiro atoms. The van der Waals surface area contributed by atoms with Crippen LogP contribution in [-0.4, -0.2) is 34.4 Å². The first-order valence-corrected chi connectivity index (χ1v) is 8.93. The van der Waals surface area contributed by atoms with Crippen LogP contribution in [0, 0.1) is 0 Å². The zero-order valence-corrected chi connectivity index (χ0v) is 14.3. The van der Waals surface area contributed by atoms with E-state index in [0.29, 0.717) is 11.5 Å². The van der Waals surface area contributed by atoms with E-state index in [-0.39, 0.29) is 30.2 Å². The van der Waals surface area contributed by atoms with Crippen LogP contribution in [0.4, 0.5) is 0 Å². The van der Waals surface area contributed by atoms with Crippen molar-refractivity contribution in [2.24, 2.45) is 0 Å². The number of para-hydroxylation sites is 2. The van der Waals surface area contributed by atoms with Gasteiger partial charge in [-0.2, -0.15) is 5.10 Å². The maximum absolute atomic E-state index is 12.5. The number of fused-ring (bicyclic) bond motifs is 1. The van der Waals surface area contributed by atoms with Crippen LogP contribution in [0.3, 0.4) is 0 Å². The number of aromatic nitrogens is 2. The van der Waals surface area contributed by atoms with Crippen LogP contribution in [0.1, 0.15) is 31.7 Å². The molecule has 0 bridgehead atoms. The third-order valence-corrected chi connectivity index (χ3v) is 4.93. The van der Waals surface area contributed by atoms with Gasteiger partial charge in [0.25, 0.3) is 11.5 Å². The van der Waals surface area contributed by atoms with Gasteiger partial charge in [0.05, 0.1) is 6.04 Å². The van der Waals surface area contributed by atoms with Gasteiger partial charge in [0.15, 0.2) is 11.5 Å². The number of nitrogens with one attached hydrogen (secondary N) is 1. The lowest BCUT2D eigenvalue weighted by molar-refractivity contribution is -0.131. The first-order valence-electron chi connectivity index (χ1n) is 8.93. The fraction of sp³-hybridized carbons (Fsp3) is 0.421. The van der Waals surface area contributed by atoms with Gasteiger partial charge in [-0.05, 0) is 43.9 Å². The highest BCUT2D eigenvalue weighted by molar-refractivity contribution is 5.82. The standard InChI is InChI=1S/C19H21N3O4/c23-18-6-3-11-20-22(18)14-9-7-13(8-10-14)21-19(24)17-12-25-15-4-1-2-5-16(15)26-17/h1-6,11,13-14,17H,7-10,12H2,(H,21,24). The largest absolute Gasteiger partial charge is 0.485 e. The topological polar surface area (TPSA) is 82.5 Å². The molecule has 1 aromatic heterocycles. The van der Waals surface area contributed by atoms with E-state index < -0.39 is 6.10 Å². The molecule has 1 unspecified atom stereocenters. The van der Waals surface area contributed by atoms with Gasteiger partial charge in [-0.25, -0.2) is 4.68 Å². The number of carbonyl (C=O) groups excluding carboxylic acids is 1. The molecule has 136 valence electrons. The number of hydrogen-bond acceptors (Lipinski definition) is 5. The molecule has 7 heteroatoms. The summed E-state index contributed by atoms with van der Waals surface area (Å²) in [4.78, 5) is 24.4. The van der Waals surface area contributed by atoms with Crippen molar-refractivity contribution in [1.82, 2.24) is 15.1 Å². The summed E-state index contributed by atoms with van der Waals surface area (Å²) in [5.74, 6) is 1.10. The van der Waals surface area contributed by atoms with Crippen molar-refractivity contribution in [2.45, 2.75) is 43.9 Å². The minimum Gasteiger partial charge on any atom is -0.485 e. The van der Waals surface area contributed by atoms with Gasteiger partial charge in [-0.1, -0.05) is 12.1 Å². The average Bonchev–Trinajstić information content (AvgIpc) is 2.69. The van der Waals surface area contributed by atoms with E-state index in [1.54, 1.807) is 23.0 Å². The van der Waals surface area contributed by atoms with Crippen LogP contribution in [0.2, 0.25) is 0 Å². The molecule has 2 heterocycles. The summed E-state index contributed by atoms with van der Waals surface area (Å²) in [5.41, 5.74) is -0.0774. The molecule has 1 aromatic carbocycles. The van der Waals surface area contributed by atoms with Crippen LogP contribution >= 0.6 is 0 Å². The molecule has 1 amide bonds. The third-order valence-electron chi connectivity index (χ3n) is 4.93. The van der Waals surface area contributed by atoms with Gasteiger partial charge in [0.1, 0.15) is 6.61 Å². The van der Waals surface area contributed by atoms with Crippen LogP contribution < -0.4 is 20.3 Å². The Morgan fingerprint density at radius 2 is 1.85 bits per heavy atom. The molecule has 1 fully saturated rings. The fourth-order valence-electron chi connectivity index (χ4n) is 3.55. The van der Waals surface area contributed by atoms with Crippen molar-refractivity contribution in [3.63, 3.8) is 0 Å². The van der Waals surface area contributed by atoms with Gasteiger partial charge in [0, 0.05) is 18.3 Å². The third kappa shape index (κ3) is 3.42. The van der Waals surface area contributed by atoms with E-state index in [2.05, 4.69) is 10.4 Å². The lowest BCUT2D eigenvalue weighted by atomic mass is 9.91. The van der Waals surface area contributed by atoms with Crippen molar-refractivity contribution in [3.05, 3.63) is 52.9 Å². The average molecular weight is 355 g/mol. The molecule has 7 nitrogen and oxygen atoms in total. The number of benzene rings is 1. The van der Waals surface area contributed by atoms with Crippen LogP contribution in [0.15, 0.2) is 47.4 Å². The number of amides is 1. The highest BCUT2D eigenvalue weighted by atomic mass is 16.6. The summed E-state index contributed by atoms with van der Waals surface area (Å²) in [5, 5.41) is 7.22. The van der Waals surface area contributed by atoms with E-state index in [9.17, 15) is 9.59 Å². The molecule has 1 saturated carbocycles. The molecular weight excluding hydrogens is 334 g/mol. The van der Waals surface area contributed by atoms with Crippen molar-refractivity contribution in [3.8, 4) is 11.5 Å². The Morgan fingerprint density at radius 1 is 1.08 bits per heavy atom. The minimum absolute atomic E-state index is 0.0774. The van der Waals surface area contributed by atoms with Gasteiger partial charge < -0.3 is 14.8 Å². The van der Waals surface area contributed by atoms with E-state index in [4.69, 9.17) is 9.47 Å². The molecule has 1 N–H and O–H groups in total. The summed E-state index contributed by atoms with van der Waals surface area (Å²) >= 11 is 0. The molecule has 2 aliphatic rings. The Morgan fingerprint density at radius 3 is 2.62 bits per heavy atom. The number of ether oxygens (including phenoxy) is 2. The van der Waals surface area contributed by atoms with Crippen LogP contribution in [0.5, 0.6) is 11.5 Å². The zero-order chi connectivity index (χ0) is 17.9. The molecule has 4 rings (SSSR count). The van der Waals surface area contributed by atoms with Crippen molar-refractivity contribution < 1.29 is 14.3 Å². The highest BCUT2D eigenvalue weighted by Crippen LogP contribution is 2.31. The predicted octanol–water partition coefficient (Wildman–Crippen LogP) is 1.68. The number of nitrogens with zero attached hydrogens (tertiary/aromatic N) is 2. The lowest BCUT2D eigenvalue weighted by Gasteiger charge is -2.31. The van der Waals surface area contributed by atoms with Gasteiger partial charge in [-0.3, -0.25) is 9.59 Å². The maximum atomic E-state index is 12.5. The molecule has 2 aromatic rings. The Labute approximate surface area is 150 Å². The molecule has 0 radical (unpaired) electrons. The van der Waals surface area contributed by atoms with Crippen molar-refractivity contribution >= 4 is 5.91 Å². The Bertz CT molecular complexity index is 842. The second-order valence-electron chi connectivity index (χ2n) is 6.68. The summed E-state index contributed by atoms with van der Waals surface area (Å²) in [6.45, 7) is 0.210. The second kappa shape index (κ2) is 7.19. The smallest absolute Gasteiger partial charge is 0.266 e. The Hall–Kier alpha value is -2.83. The first kappa shape index (κ1) is 16.6. The lowest BCUT2D eigenvalue weighted by Crippen LogP contribution is -2.48. The fourth-order valence-corrected chi connectivity index (χ4v) is 3.55. The summed E-state index contributed by atoms with van der Waals surface area (Å²) in [6, 6.07) is 10.7. The quantitative estimate of drug-likeness (QED) is 0.906. The molecule has 1 aliphatic heterocycles. The Kier molecular flexibility index (Phi) is 4.60. The first-order chi connectivity index (χ1) is 12.7. The van der Waals surface area contributed by atoms with Crippen LogP contribution in [0.25, 0.3) is 0 Å². The van der Waals surface area contributed by atoms with Crippen molar-refractivity contribution in [1.29, 1.82) is 0 Å². The maximum Gasteiger partial charge on any atom is 0.266 e. The Balaban J connectivity index is 1.31. The normalized spacial score (nSPS) is 24.7. The van der Waals surface area contributed by atoms with Crippen LogP contribution in [-0.2, 0) is 4.79 Å². The number of hydrogen-bond donors (Lipinski definition) is 1. The van der Waals surface area contributed by atoms with E-state index in [0.717, 1.165) is 25.7 Å². The predicted molar refractivity (Wildman–Crippen MR) is 94.3 cm³/mol. The monoisotopic (exact) mass is 355 g/mol. The van der Waals surface area contributed by atoms with E-state index in [1.165, 1.54) is 6.07 Å². The molecule has 26 heavy (non-hydrogen) atoms. The number of carbonyl (C=O) groups is 1. The van der Waals surface area contributed by atoms with Gasteiger partial charge >= 0.3 is 0 Å². The highest BCUT2D eigenvalue weighted by Gasteiger charge is 2.30. The zero-order valence-electron chi connectivity index (χ0n) is 14.3. The van der Waals surface area contributed by atoms with E-state index in [1.807, 2.05) is 18.2 Å². The summed E-state index contributed by atoms with van der Waals surface area (Å²) < 4.78 is 12.9.